The Hall–Kier alpha value is -1.31. The lowest BCUT2D eigenvalue weighted by atomic mass is 10.3. The molecule has 0 unspecified atom stereocenters. The monoisotopic (exact) mass is 304 g/mol. The Labute approximate surface area is 124 Å². The van der Waals surface area contributed by atoms with Gasteiger partial charge in [-0.25, -0.2) is 0 Å². The van der Waals surface area contributed by atoms with Crippen molar-refractivity contribution in [3.63, 3.8) is 0 Å². The van der Waals surface area contributed by atoms with Crippen LogP contribution in [0.25, 0.3) is 0 Å². The Morgan fingerprint density at radius 1 is 0.850 bits per heavy atom. The van der Waals surface area contributed by atoms with Crippen LogP contribution in [0.3, 0.4) is 0 Å². The molecule has 0 radical (unpaired) electrons. The molecule has 106 valence electrons. The van der Waals surface area contributed by atoms with Crippen molar-refractivity contribution < 1.29 is 9.47 Å². The standard InChI is InChI=1S/C16H21O2PSi/c1-17-13-8-4-6-10-15(13)19(12-20-3)16-11-7-5-9-14(16)18-2/h4-11H,12,20H2,1-3H3. The summed E-state index contributed by atoms with van der Waals surface area (Å²) >= 11 is 0. The van der Waals surface area contributed by atoms with Gasteiger partial charge in [0.25, 0.3) is 0 Å². The van der Waals surface area contributed by atoms with Crippen LogP contribution in [0, 0.1) is 0 Å². The van der Waals surface area contributed by atoms with Crippen LogP contribution in [-0.2, 0) is 0 Å². The average molecular weight is 304 g/mol. The Kier molecular flexibility index (Phi) is 5.63. The van der Waals surface area contributed by atoms with Gasteiger partial charge in [-0.05, 0) is 25.8 Å². The zero-order valence-corrected chi connectivity index (χ0v) is 14.6. The Morgan fingerprint density at radius 3 is 1.70 bits per heavy atom. The quantitative estimate of drug-likeness (QED) is 0.602. The molecular formula is C16H21O2PSi. The van der Waals surface area contributed by atoms with Gasteiger partial charge in [-0.2, -0.15) is 0 Å². The first-order valence-corrected chi connectivity index (χ1v) is 10.8. The summed E-state index contributed by atoms with van der Waals surface area (Å²) in [5.41, 5.74) is 0. The van der Waals surface area contributed by atoms with Crippen LogP contribution >= 0.6 is 7.92 Å². The third-order valence-corrected chi connectivity index (χ3v) is 8.68. The van der Waals surface area contributed by atoms with Gasteiger partial charge in [0, 0.05) is 20.1 Å². The largest absolute Gasteiger partial charge is 0.496 e. The Morgan fingerprint density at radius 2 is 1.30 bits per heavy atom. The highest BCUT2D eigenvalue weighted by Crippen LogP contribution is 2.39. The van der Waals surface area contributed by atoms with Crippen molar-refractivity contribution in [1.82, 2.24) is 0 Å². The molecule has 2 aromatic carbocycles. The molecule has 4 heteroatoms. The van der Waals surface area contributed by atoms with Crippen LogP contribution in [0.4, 0.5) is 0 Å². The van der Waals surface area contributed by atoms with Crippen LogP contribution in [0.5, 0.6) is 11.5 Å². The van der Waals surface area contributed by atoms with E-state index in [1.54, 1.807) is 14.2 Å². The normalized spacial score (nSPS) is 11.2. The zero-order valence-electron chi connectivity index (χ0n) is 12.3. The van der Waals surface area contributed by atoms with Crippen LogP contribution in [0.2, 0.25) is 6.55 Å². The predicted molar refractivity (Wildman–Crippen MR) is 91.5 cm³/mol. The number of methoxy groups -OCH3 is 2. The Bertz CT molecular complexity index is 512. The SMILES string of the molecule is COc1ccccc1P(C[SiH2]C)c1ccccc1OC. The van der Waals surface area contributed by atoms with Crippen LogP contribution in [-0.4, -0.2) is 29.5 Å². The second kappa shape index (κ2) is 7.46. The molecule has 0 atom stereocenters. The van der Waals surface area contributed by atoms with Gasteiger partial charge in [-0.15, -0.1) is 0 Å². The van der Waals surface area contributed by atoms with Gasteiger partial charge in [-0.1, -0.05) is 42.9 Å². The van der Waals surface area contributed by atoms with E-state index in [-0.39, 0.29) is 9.52 Å². The molecule has 20 heavy (non-hydrogen) atoms. The van der Waals surface area contributed by atoms with E-state index in [2.05, 4.69) is 42.9 Å². The molecule has 0 fully saturated rings. The minimum atomic E-state index is -0.392. The third kappa shape index (κ3) is 3.22. The van der Waals surface area contributed by atoms with Gasteiger partial charge in [0.2, 0.25) is 0 Å². The molecule has 0 aliphatic heterocycles. The lowest BCUT2D eigenvalue weighted by Crippen LogP contribution is -2.19. The third-order valence-electron chi connectivity index (χ3n) is 3.20. The maximum atomic E-state index is 5.56. The molecule has 0 N–H and O–H groups in total. The average Bonchev–Trinajstić information content (AvgIpc) is 2.52. The second-order valence-electron chi connectivity index (χ2n) is 4.50. The highest BCUT2D eigenvalue weighted by Gasteiger charge is 2.19. The molecule has 0 saturated heterocycles. The van der Waals surface area contributed by atoms with Gasteiger partial charge < -0.3 is 9.47 Å². The topological polar surface area (TPSA) is 18.5 Å². The number of para-hydroxylation sites is 2. The molecule has 0 bridgehead atoms. The van der Waals surface area contributed by atoms with Crippen molar-refractivity contribution in [1.29, 1.82) is 0 Å². The summed E-state index contributed by atoms with van der Waals surface area (Å²) in [5.74, 6) is 3.26. The second-order valence-corrected chi connectivity index (χ2v) is 9.10. The summed E-state index contributed by atoms with van der Waals surface area (Å²) in [6.07, 6.45) is 0. The number of hydrogen-bond acceptors (Lipinski definition) is 2. The summed E-state index contributed by atoms with van der Waals surface area (Å²) < 4.78 is 11.1. The smallest absolute Gasteiger partial charge is 0.126 e. The van der Waals surface area contributed by atoms with Crippen LogP contribution < -0.4 is 20.1 Å². The van der Waals surface area contributed by atoms with Gasteiger partial charge in [0.05, 0.1) is 14.2 Å². The lowest BCUT2D eigenvalue weighted by molar-refractivity contribution is 0.417. The Balaban J connectivity index is 2.50. The predicted octanol–water partition coefficient (Wildman–Crippen LogP) is 2.31. The fourth-order valence-corrected chi connectivity index (χ4v) is 7.67. The number of rotatable bonds is 6. The molecule has 0 spiro atoms. The van der Waals surface area contributed by atoms with Crippen molar-refractivity contribution in [3.8, 4) is 11.5 Å². The highest BCUT2D eigenvalue weighted by atomic mass is 31.1. The minimum absolute atomic E-state index is 0.0507. The highest BCUT2D eigenvalue weighted by molar-refractivity contribution is 7.74. The van der Waals surface area contributed by atoms with Gasteiger partial charge in [0.15, 0.2) is 0 Å². The maximum Gasteiger partial charge on any atom is 0.126 e. The summed E-state index contributed by atoms with van der Waals surface area (Å²) in [6, 6.07) is 16.7. The van der Waals surface area contributed by atoms with E-state index in [1.165, 1.54) is 16.4 Å². The molecule has 0 aliphatic rings. The number of hydrogen-bond donors (Lipinski definition) is 0. The van der Waals surface area contributed by atoms with E-state index in [4.69, 9.17) is 9.47 Å². The molecule has 0 aliphatic carbocycles. The van der Waals surface area contributed by atoms with E-state index >= 15 is 0 Å². The molecular weight excluding hydrogens is 283 g/mol. The van der Waals surface area contributed by atoms with E-state index < -0.39 is 7.92 Å². The first-order chi connectivity index (χ1) is 9.81. The lowest BCUT2D eigenvalue weighted by Gasteiger charge is -2.22. The van der Waals surface area contributed by atoms with E-state index in [0.717, 1.165) is 11.5 Å². The summed E-state index contributed by atoms with van der Waals surface area (Å²) in [7, 11) is 3.05. The van der Waals surface area contributed by atoms with Crippen molar-refractivity contribution in [3.05, 3.63) is 48.5 Å². The van der Waals surface area contributed by atoms with Gasteiger partial charge in [-0.3, -0.25) is 0 Å². The van der Waals surface area contributed by atoms with E-state index in [1.807, 2.05) is 12.1 Å². The van der Waals surface area contributed by atoms with Crippen molar-refractivity contribution in [2.45, 2.75) is 6.55 Å². The number of benzene rings is 2. The molecule has 0 aromatic heterocycles. The molecule has 2 rings (SSSR count). The summed E-state index contributed by atoms with van der Waals surface area (Å²) in [5, 5.41) is 2.65. The molecule has 0 amide bonds. The zero-order chi connectivity index (χ0) is 14.4. The van der Waals surface area contributed by atoms with Crippen molar-refractivity contribution >= 4 is 28.1 Å². The summed E-state index contributed by atoms with van der Waals surface area (Å²) in [4.78, 5) is 0. The van der Waals surface area contributed by atoms with E-state index in [9.17, 15) is 0 Å². The summed E-state index contributed by atoms with van der Waals surface area (Å²) in [6.45, 7) is 2.36. The maximum absolute atomic E-state index is 5.56. The fraction of sp³-hybridized carbons (Fsp3) is 0.250. The minimum Gasteiger partial charge on any atom is -0.496 e. The fourth-order valence-electron chi connectivity index (χ4n) is 2.30. The van der Waals surface area contributed by atoms with Gasteiger partial charge >= 0.3 is 0 Å². The molecule has 0 saturated carbocycles. The molecule has 0 heterocycles. The van der Waals surface area contributed by atoms with Gasteiger partial charge in [0.1, 0.15) is 11.5 Å². The van der Waals surface area contributed by atoms with Crippen molar-refractivity contribution in [2.75, 3.05) is 20.0 Å². The molecule has 2 aromatic rings. The number of ether oxygens (including phenoxy) is 2. The van der Waals surface area contributed by atoms with Crippen LogP contribution in [0.15, 0.2) is 48.5 Å². The van der Waals surface area contributed by atoms with Crippen LogP contribution in [0.1, 0.15) is 0 Å². The van der Waals surface area contributed by atoms with Crippen molar-refractivity contribution in [2.24, 2.45) is 0 Å². The first-order valence-electron chi connectivity index (χ1n) is 6.85. The first kappa shape index (κ1) is 15.1. The molecule has 2 nitrogen and oxygen atoms in total. The van der Waals surface area contributed by atoms with E-state index in [0.29, 0.717) is 0 Å².